The first-order valence-corrected chi connectivity index (χ1v) is 5.80. The van der Waals surface area contributed by atoms with Crippen molar-refractivity contribution in [3.63, 3.8) is 0 Å². The van der Waals surface area contributed by atoms with Gasteiger partial charge >= 0.3 is 12.0 Å². The smallest absolute Gasteiger partial charge is 0.337 e. The predicted molar refractivity (Wildman–Crippen MR) is 68.1 cm³/mol. The number of carboxylic acid groups (broad SMARTS) is 1. The molecule has 0 aromatic heterocycles. The molecule has 1 rings (SSSR count). The lowest BCUT2D eigenvalue weighted by Gasteiger charge is -2.21. The molecule has 0 unspecified atom stereocenters. The van der Waals surface area contributed by atoms with Crippen molar-refractivity contribution >= 4 is 17.7 Å². The number of hydrogen-bond acceptors (Lipinski definition) is 4. The first kappa shape index (κ1) is 15.9. The third-order valence-corrected chi connectivity index (χ3v) is 2.48. The second kappa shape index (κ2) is 7.41. The maximum atomic E-state index is 13.1. The Morgan fingerprint density at radius 2 is 1.80 bits per heavy atom. The summed E-state index contributed by atoms with van der Waals surface area (Å²) in [4.78, 5) is 23.9. The normalized spacial score (nSPS) is 10.2. The quantitative estimate of drug-likeness (QED) is 0.603. The van der Waals surface area contributed by atoms with Gasteiger partial charge in [0.25, 0.3) is 0 Å². The van der Waals surface area contributed by atoms with Crippen molar-refractivity contribution in [2.45, 2.75) is 0 Å². The molecule has 0 radical (unpaired) electrons. The zero-order valence-electron chi connectivity index (χ0n) is 10.5. The summed E-state index contributed by atoms with van der Waals surface area (Å²) in [6, 6.07) is 2.16. The van der Waals surface area contributed by atoms with Crippen molar-refractivity contribution in [3.8, 4) is 0 Å². The fraction of sp³-hybridized carbons (Fsp3) is 0.333. The van der Waals surface area contributed by atoms with Gasteiger partial charge in [-0.05, 0) is 18.2 Å². The van der Waals surface area contributed by atoms with E-state index in [0.717, 1.165) is 23.1 Å². The molecule has 1 aromatic rings. The van der Waals surface area contributed by atoms with E-state index in [-0.39, 0.29) is 37.6 Å². The summed E-state index contributed by atoms with van der Waals surface area (Å²) in [7, 11) is 0. The second-order valence-electron chi connectivity index (χ2n) is 3.86. The van der Waals surface area contributed by atoms with Gasteiger partial charge in [-0.1, -0.05) is 0 Å². The minimum atomic E-state index is -1.31. The summed E-state index contributed by atoms with van der Waals surface area (Å²) in [5.74, 6) is -2.00. The van der Waals surface area contributed by atoms with Gasteiger partial charge in [0.1, 0.15) is 5.82 Å². The molecular weight excluding hydrogens is 271 g/mol. The maximum absolute atomic E-state index is 13.1. The van der Waals surface area contributed by atoms with Gasteiger partial charge in [-0.15, -0.1) is 0 Å². The molecule has 0 aliphatic rings. The minimum absolute atomic E-state index is 0.0376. The summed E-state index contributed by atoms with van der Waals surface area (Å²) in [5, 5.41) is 28.8. The highest BCUT2D eigenvalue weighted by molar-refractivity contribution is 6.00. The van der Waals surface area contributed by atoms with Crippen LogP contribution in [0.15, 0.2) is 18.2 Å². The minimum Gasteiger partial charge on any atom is -0.478 e. The standard InChI is InChI=1S/C12H15FN2O5/c13-8-1-2-9(11(18)19)10(7-8)14-12(20)15(3-5-16)4-6-17/h1-2,7,16-17H,3-6H2,(H,14,20)(H,18,19). The molecule has 0 fully saturated rings. The van der Waals surface area contributed by atoms with E-state index in [1.54, 1.807) is 0 Å². The summed E-state index contributed by atoms with van der Waals surface area (Å²) >= 11 is 0. The van der Waals surface area contributed by atoms with Crippen LogP contribution in [-0.2, 0) is 0 Å². The summed E-state index contributed by atoms with van der Waals surface area (Å²) < 4.78 is 13.1. The number of aliphatic hydroxyl groups is 2. The lowest BCUT2D eigenvalue weighted by molar-refractivity contribution is 0.0698. The topological polar surface area (TPSA) is 110 Å². The molecule has 0 bridgehead atoms. The number of rotatable bonds is 6. The Kier molecular flexibility index (Phi) is 5.88. The number of carbonyl (C=O) groups is 2. The van der Waals surface area contributed by atoms with Gasteiger partial charge in [0.2, 0.25) is 0 Å². The van der Waals surface area contributed by atoms with Crippen LogP contribution >= 0.6 is 0 Å². The largest absolute Gasteiger partial charge is 0.478 e. The number of aliphatic hydroxyl groups excluding tert-OH is 2. The maximum Gasteiger partial charge on any atom is 0.337 e. The van der Waals surface area contributed by atoms with Gasteiger partial charge < -0.3 is 25.5 Å². The molecule has 0 spiro atoms. The van der Waals surface area contributed by atoms with E-state index in [1.807, 2.05) is 0 Å². The number of anilines is 1. The van der Waals surface area contributed by atoms with Crippen LogP contribution in [0.3, 0.4) is 0 Å². The molecule has 0 aliphatic heterocycles. The van der Waals surface area contributed by atoms with Crippen LogP contribution in [0.25, 0.3) is 0 Å². The molecule has 2 amide bonds. The third-order valence-electron chi connectivity index (χ3n) is 2.48. The van der Waals surface area contributed by atoms with E-state index >= 15 is 0 Å². The molecular formula is C12H15FN2O5. The molecule has 0 saturated heterocycles. The Hall–Kier alpha value is -2.19. The van der Waals surface area contributed by atoms with Crippen LogP contribution in [0.5, 0.6) is 0 Å². The fourth-order valence-corrected chi connectivity index (χ4v) is 1.56. The zero-order valence-corrected chi connectivity index (χ0v) is 10.5. The van der Waals surface area contributed by atoms with Crippen molar-refractivity contribution in [1.82, 2.24) is 4.90 Å². The third kappa shape index (κ3) is 4.18. The van der Waals surface area contributed by atoms with Crippen molar-refractivity contribution in [2.24, 2.45) is 0 Å². The van der Waals surface area contributed by atoms with E-state index in [9.17, 15) is 14.0 Å². The SMILES string of the molecule is O=C(O)c1ccc(F)cc1NC(=O)N(CCO)CCO. The van der Waals surface area contributed by atoms with Crippen molar-refractivity contribution in [3.05, 3.63) is 29.6 Å². The molecule has 0 heterocycles. The van der Waals surface area contributed by atoms with E-state index in [4.69, 9.17) is 15.3 Å². The zero-order chi connectivity index (χ0) is 15.1. The lowest BCUT2D eigenvalue weighted by Crippen LogP contribution is -2.39. The fourth-order valence-electron chi connectivity index (χ4n) is 1.56. The summed E-state index contributed by atoms with van der Waals surface area (Å²) in [6.45, 7) is -0.709. The predicted octanol–water partition coefficient (Wildman–Crippen LogP) is 0.342. The molecule has 110 valence electrons. The molecule has 7 nitrogen and oxygen atoms in total. The number of hydrogen-bond donors (Lipinski definition) is 4. The molecule has 0 aliphatic carbocycles. The number of halogens is 1. The lowest BCUT2D eigenvalue weighted by atomic mass is 10.2. The van der Waals surface area contributed by atoms with Gasteiger partial charge in [-0.2, -0.15) is 0 Å². The van der Waals surface area contributed by atoms with Crippen LogP contribution < -0.4 is 5.32 Å². The molecule has 0 atom stereocenters. The highest BCUT2D eigenvalue weighted by Gasteiger charge is 2.17. The van der Waals surface area contributed by atoms with Crippen molar-refractivity contribution in [2.75, 3.05) is 31.6 Å². The number of carboxylic acids is 1. The number of nitrogens with zero attached hydrogens (tertiary/aromatic N) is 1. The average molecular weight is 286 g/mol. The Morgan fingerprint density at radius 1 is 1.20 bits per heavy atom. The Labute approximate surface area is 114 Å². The van der Waals surface area contributed by atoms with Gasteiger partial charge in [0, 0.05) is 13.1 Å². The van der Waals surface area contributed by atoms with Crippen LogP contribution in [-0.4, -0.2) is 58.5 Å². The molecule has 4 N–H and O–H groups in total. The number of benzene rings is 1. The average Bonchev–Trinajstić information content (AvgIpc) is 2.38. The van der Waals surface area contributed by atoms with Crippen LogP contribution in [0.2, 0.25) is 0 Å². The first-order valence-electron chi connectivity index (χ1n) is 5.80. The number of aromatic carboxylic acids is 1. The highest BCUT2D eigenvalue weighted by atomic mass is 19.1. The molecule has 20 heavy (non-hydrogen) atoms. The van der Waals surface area contributed by atoms with E-state index in [0.29, 0.717) is 0 Å². The summed E-state index contributed by atoms with van der Waals surface area (Å²) in [5.41, 5.74) is -0.448. The van der Waals surface area contributed by atoms with Gasteiger partial charge in [0.05, 0.1) is 24.5 Å². The van der Waals surface area contributed by atoms with E-state index < -0.39 is 17.8 Å². The van der Waals surface area contributed by atoms with Crippen molar-refractivity contribution in [1.29, 1.82) is 0 Å². The number of amides is 2. The number of carbonyl (C=O) groups excluding carboxylic acids is 1. The molecule has 8 heteroatoms. The summed E-state index contributed by atoms with van der Waals surface area (Å²) in [6.07, 6.45) is 0. The van der Waals surface area contributed by atoms with Gasteiger partial charge in [-0.3, -0.25) is 0 Å². The van der Waals surface area contributed by atoms with Crippen LogP contribution in [0.4, 0.5) is 14.9 Å². The number of nitrogens with one attached hydrogen (secondary N) is 1. The van der Waals surface area contributed by atoms with Gasteiger partial charge in [0.15, 0.2) is 0 Å². The monoisotopic (exact) mass is 286 g/mol. The first-order chi connectivity index (χ1) is 9.49. The van der Waals surface area contributed by atoms with Crippen LogP contribution in [0, 0.1) is 5.82 Å². The van der Waals surface area contributed by atoms with Gasteiger partial charge in [-0.25, -0.2) is 14.0 Å². The Bertz CT molecular complexity index is 489. The Morgan fingerprint density at radius 3 is 2.30 bits per heavy atom. The van der Waals surface area contributed by atoms with Crippen molar-refractivity contribution < 1.29 is 29.3 Å². The van der Waals surface area contributed by atoms with E-state index in [1.165, 1.54) is 0 Å². The second-order valence-corrected chi connectivity index (χ2v) is 3.86. The Balaban J connectivity index is 2.93. The highest BCUT2D eigenvalue weighted by Crippen LogP contribution is 2.17. The molecule has 1 aromatic carbocycles. The molecule has 0 saturated carbocycles. The van der Waals surface area contributed by atoms with E-state index in [2.05, 4.69) is 5.32 Å². The van der Waals surface area contributed by atoms with Crippen LogP contribution in [0.1, 0.15) is 10.4 Å². The number of urea groups is 1.